The van der Waals surface area contributed by atoms with E-state index in [2.05, 4.69) is 12.0 Å². The van der Waals surface area contributed by atoms with Crippen molar-refractivity contribution >= 4 is 0 Å². The van der Waals surface area contributed by atoms with Crippen molar-refractivity contribution in [2.45, 2.75) is 33.1 Å². The zero-order chi connectivity index (χ0) is 12.8. The molecule has 0 radical (unpaired) electrons. The maximum absolute atomic E-state index is 8.95. The molecule has 0 atom stereocenters. The molecule has 1 aromatic carbocycles. The summed E-state index contributed by atoms with van der Waals surface area (Å²) in [7, 11) is 0. The molecule has 96 valence electrons. The minimum Gasteiger partial charge on any atom is -0.486 e. The first kappa shape index (κ1) is 12.6. The highest BCUT2D eigenvalue weighted by Gasteiger charge is 2.00. The van der Waals surface area contributed by atoms with E-state index >= 15 is 0 Å². The third kappa shape index (κ3) is 3.34. The average molecular weight is 246 g/mol. The average Bonchev–Trinajstić information content (AvgIpc) is 2.85. The minimum atomic E-state index is 0.0743. The fourth-order valence-electron chi connectivity index (χ4n) is 1.68. The molecule has 0 bridgehead atoms. The van der Waals surface area contributed by atoms with Crippen LogP contribution in [0.15, 0.2) is 36.7 Å². The standard InChI is InChI=1S/C14H18N2O2/c1-2-7-16-9-14(8-15-16)18-11-13-5-3-12(10-17)4-6-13/h3-6,8-9,17H,2,7,10-11H2,1H3. The highest BCUT2D eigenvalue weighted by molar-refractivity contribution is 5.22. The zero-order valence-electron chi connectivity index (χ0n) is 10.5. The second kappa shape index (κ2) is 6.21. The van der Waals surface area contributed by atoms with Crippen molar-refractivity contribution in [3.63, 3.8) is 0 Å². The van der Waals surface area contributed by atoms with Gasteiger partial charge in [0.2, 0.25) is 0 Å². The van der Waals surface area contributed by atoms with Crippen LogP contribution in [0.5, 0.6) is 5.75 Å². The van der Waals surface area contributed by atoms with Gasteiger partial charge in [-0.2, -0.15) is 5.10 Å². The van der Waals surface area contributed by atoms with E-state index in [1.807, 2.05) is 35.1 Å². The van der Waals surface area contributed by atoms with Crippen molar-refractivity contribution in [2.24, 2.45) is 0 Å². The summed E-state index contributed by atoms with van der Waals surface area (Å²) in [6.07, 6.45) is 4.70. The van der Waals surface area contributed by atoms with Crippen molar-refractivity contribution in [2.75, 3.05) is 0 Å². The van der Waals surface area contributed by atoms with Crippen LogP contribution in [0, 0.1) is 0 Å². The Morgan fingerprint density at radius 2 is 1.94 bits per heavy atom. The molecule has 2 rings (SSSR count). The largest absolute Gasteiger partial charge is 0.486 e. The Balaban J connectivity index is 1.89. The molecule has 4 nitrogen and oxygen atoms in total. The monoisotopic (exact) mass is 246 g/mol. The fourth-order valence-corrected chi connectivity index (χ4v) is 1.68. The van der Waals surface area contributed by atoms with E-state index in [9.17, 15) is 0 Å². The van der Waals surface area contributed by atoms with E-state index in [4.69, 9.17) is 9.84 Å². The summed E-state index contributed by atoms with van der Waals surface area (Å²) < 4.78 is 7.53. The molecule has 4 heteroatoms. The molecule has 0 saturated heterocycles. The van der Waals surface area contributed by atoms with Crippen LogP contribution in [0.4, 0.5) is 0 Å². The van der Waals surface area contributed by atoms with E-state index in [0.717, 1.165) is 29.8 Å². The number of ether oxygens (including phenoxy) is 1. The summed E-state index contributed by atoms with van der Waals surface area (Å²) in [6.45, 7) is 3.62. The Labute approximate surface area is 107 Å². The summed E-state index contributed by atoms with van der Waals surface area (Å²) in [5.41, 5.74) is 1.99. The number of aliphatic hydroxyl groups is 1. The maximum Gasteiger partial charge on any atom is 0.157 e. The van der Waals surface area contributed by atoms with Gasteiger partial charge in [0, 0.05) is 6.54 Å². The van der Waals surface area contributed by atoms with Crippen molar-refractivity contribution in [1.82, 2.24) is 9.78 Å². The lowest BCUT2D eigenvalue weighted by Gasteiger charge is -2.04. The molecule has 0 saturated carbocycles. The summed E-state index contributed by atoms with van der Waals surface area (Å²) in [6, 6.07) is 7.72. The fraction of sp³-hybridized carbons (Fsp3) is 0.357. The number of aryl methyl sites for hydroxylation is 1. The molecule has 1 heterocycles. The van der Waals surface area contributed by atoms with Crippen LogP contribution in [0.3, 0.4) is 0 Å². The molecule has 0 aliphatic heterocycles. The lowest BCUT2D eigenvalue weighted by molar-refractivity contribution is 0.281. The SMILES string of the molecule is CCCn1cc(OCc2ccc(CO)cc2)cn1. The lowest BCUT2D eigenvalue weighted by Crippen LogP contribution is -1.97. The molecular weight excluding hydrogens is 228 g/mol. The topological polar surface area (TPSA) is 47.3 Å². The van der Waals surface area contributed by atoms with E-state index in [0.29, 0.717) is 6.61 Å². The molecule has 0 unspecified atom stereocenters. The third-order valence-corrected chi connectivity index (χ3v) is 2.67. The van der Waals surface area contributed by atoms with Crippen molar-refractivity contribution < 1.29 is 9.84 Å². The van der Waals surface area contributed by atoms with Crippen LogP contribution in [0.25, 0.3) is 0 Å². The Bertz CT molecular complexity index is 477. The second-order valence-electron chi connectivity index (χ2n) is 4.20. The summed E-state index contributed by atoms with van der Waals surface area (Å²) in [4.78, 5) is 0. The first-order chi connectivity index (χ1) is 8.81. The first-order valence-corrected chi connectivity index (χ1v) is 6.15. The molecule has 18 heavy (non-hydrogen) atoms. The van der Waals surface area contributed by atoms with Crippen LogP contribution in [-0.2, 0) is 19.8 Å². The molecule has 2 aromatic rings. The number of aliphatic hydroxyl groups excluding tert-OH is 1. The Morgan fingerprint density at radius 3 is 2.61 bits per heavy atom. The lowest BCUT2D eigenvalue weighted by atomic mass is 10.1. The number of rotatable bonds is 6. The van der Waals surface area contributed by atoms with Crippen LogP contribution < -0.4 is 4.74 Å². The molecule has 0 aliphatic carbocycles. The highest BCUT2D eigenvalue weighted by atomic mass is 16.5. The smallest absolute Gasteiger partial charge is 0.157 e. The van der Waals surface area contributed by atoms with Gasteiger partial charge < -0.3 is 9.84 Å². The molecular formula is C14H18N2O2. The van der Waals surface area contributed by atoms with Gasteiger partial charge in [-0.25, -0.2) is 0 Å². The molecule has 0 spiro atoms. The van der Waals surface area contributed by atoms with Gasteiger partial charge in [-0.15, -0.1) is 0 Å². The van der Waals surface area contributed by atoms with E-state index in [1.165, 1.54) is 0 Å². The van der Waals surface area contributed by atoms with Gasteiger partial charge in [0.1, 0.15) is 6.61 Å². The molecule has 0 fully saturated rings. The summed E-state index contributed by atoms with van der Waals surface area (Å²) in [5, 5.41) is 13.2. The number of hydrogen-bond donors (Lipinski definition) is 1. The predicted octanol–water partition coefficient (Wildman–Crippen LogP) is 2.36. The molecule has 1 N–H and O–H groups in total. The van der Waals surface area contributed by atoms with Crippen molar-refractivity contribution in [1.29, 1.82) is 0 Å². The first-order valence-electron chi connectivity index (χ1n) is 6.15. The Morgan fingerprint density at radius 1 is 1.22 bits per heavy atom. The van der Waals surface area contributed by atoms with Crippen molar-refractivity contribution in [3.8, 4) is 5.75 Å². The van der Waals surface area contributed by atoms with Crippen LogP contribution >= 0.6 is 0 Å². The van der Waals surface area contributed by atoms with Gasteiger partial charge in [0.15, 0.2) is 5.75 Å². The van der Waals surface area contributed by atoms with Crippen molar-refractivity contribution in [3.05, 3.63) is 47.8 Å². The maximum atomic E-state index is 8.95. The van der Waals surface area contributed by atoms with Crippen LogP contribution in [0.1, 0.15) is 24.5 Å². The molecule has 0 aliphatic rings. The van der Waals surface area contributed by atoms with Crippen LogP contribution in [-0.4, -0.2) is 14.9 Å². The quantitative estimate of drug-likeness (QED) is 0.851. The summed E-state index contributed by atoms with van der Waals surface area (Å²) in [5.74, 6) is 0.787. The van der Waals surface area contributed by atoms with Gasteiger partial charge in [0.25, 0.3) is 0 Å². The van der Waals surface area contributed by atoms with Gasteiger partial charge >= 0.3 is 0 Å². The number of nitrogens with zero attached hydrogens (tertiary/aromatic N) is 2. The van der Waals surface area contributed by atoms with Crippen LogP contribution in [0.2, 0.25) is 0 Å². The number of aromatic nitrogens is 2. The van der Waals surface area contributed by atoms with Gasteiger partial charge in [0.05, 0.1) is 19.0 Å². The minimum absolute atomic E-state index is 0.0743. The van der Waals surface area contributed by atoms with Gasteiger partial charge in [-0.3, -0.25) is 4.68 Å². The normalized spacial score (nSPS) is 10.6. The second-order valence-corrected chi connectivity index (χ2v) is 4.20. The van der Waals surface area contributed by atoms with Gasteiger partial charge in [-0.1, -0.05) is 31.2 Å². The third-order valence-electron chi connectivity index (χ3n) is 2.67. The number of hydrogen-bond acceptors (Lipinski definition) is 3. The van der Waals surface area contributed by atoms with E-state index in [-0.39, 0.29) is 6.61 Å². The molecule has 1 aromatic heterocycles. The predicted molar refractivity (Wildman–Crippen MR) is 69.2 cm³/mol. The Hall–Kier alpha value is -1.81. The number of benzene rings is 1. The van der Waals surface area contributed by atoms with E-state index in [1.54, 1.807) is 6.20 Å². The zero-order valence-corrected chi connectivity index (χ0v) is 10.5. The van der Waals surface area contributed by atoms with Gasteiger partial charge in [-0.05, 0) is 17.5 Å². The highest BCUT2D eigenvalue weighted by Crippen LogP contribution is 2.12. The molecule has 0 amide bonds. The Kier molecular flexibility index (Phi) is 4.36. The van der Waals surface area contributed by atoms with E-state index < -0.39 is 0 Å². The summed E-state index contributed by atoms with van der Waals surface area (Å²) >= 11 is 0.